The highest BCUT2D eigenvalue weighted by Crippen LogP contribution is 2.29. The van der Waals surface area contributed by atoms with Crippen LogP contribution in [0, 0.1) is 5.92 Å². The lowest BCUT2D eigenvalue weighted by atomic mass is 9.90. The molecule has 1 heterocycles. The number of benzene rings is 1. The third kappa shape index (κ3) is 3.27. The molecule has 6 heteroatoms. The Kier molecular flexibility index (Phi) is 4.94. The van der Waals surface area contributed by atoms with Gasteiger partial charge in [0.15, 0.2) is 0 Å². The fraction of sp³-hybridized carbons (Fsp3) is 0.500. The molecule has 1 aliphatic rings. The van der Waals surface area contributed by atoms with Gasteiger partial charge in [0.25, 0.3) is 0 Å². The Hall–Kier alpha value is -1.63. The molecule has 0 aromatic heterocycles. The van der Waals surface area contributed by atoms with E-state index in [4.69, 9.17) is 9.47 Å². The molecule has 0 bridgehead atoms. The number of carboxylic acids is 1. The molecule has 0 spiro atoms. The van der Waals surface area contributed by atoms with Crippen molar-refractivity contribution < 1.29 is 19.4 Å². The minimum absolute atomic E-state index is 0.116. The van der Waals surface area contributed by atoms with Crippen LogP contribution in [-0.2, 0) is 9.53 Å². The number of hydrogen-bond acceptors (Lipinski definition) is 5. The summed E-state index contributed by atoms with van der Waals surface area (Å²) >= 11 is 0. The van der Waals surface area contributed by atoms with Crippen LogP contribution >= 0.6 is 0 Å². The van der Waals surface area contributed by atoms with Gasteiger partial charge in [-0.05, 0) is 24.6 Å². The molecule has 20 heavy (non-hydrogen) atoms. The third-order valence-corrected chi connectivity index (χ3v) is 3.44. The fourth-order valence-electron chi connectivity index (χ4n) is 2.35. The van der Waals surface area contributed by atoms with Crippen molar-refractivity contribution in [2.24, 2.45) is 5.92 Å². The largest absolute Gasteiger partial charge is 0.491 e. The molecule has 3 unspecified atom stereocenters. The summed E-state index contributed by atoms with van der Waals surface area (Å²) in [6.07, 6.45) is 0. The van der Waals surface area contributed by atoms with Crippen molar-refractivity contribution in [2.75, 3.05) is 20.3 Å². The summed E-state index contributed by atoms with van der Waals surface area (Å²) in [5.41, 5.74) is 6.94. The van der Waals surface area contributed by atoms with Crippen LogP contribution in [0.4, 0.5) is 0 Å². The molecule has 110 valence electrons. The van der Waals surface area contributed by atoms with Crippen LogP contribution in [0.5, 0.6) is 5.75 Å². The highest BCUT2D eigenvalue weighted by atomic mass is 16.5. The topological polar surface area (TPSA) is 79.8 Å². The minimum atomic E-state index is -0.805. The first-order chi connectivity index (χ1) is 9.63. The number of methoxy groups -OCH3 is 1. The highest BCUT2D eigenvalue weighted by molar-refractivity contribution is 5.72. The SMILES string of the molecule is COCCOc1ccc(C2NNC(C)C2C(=O)O)cc1. The van der Waals surface area contributed by atoms with Crippen molar-refractivity contribution in [3.05, 3.63) is 29.8 Å². The molecule has 1 aromatic rings. The Bertz CT molecular complexity index is 449. The molecule has 1 saturated heterocycles. The zero-order valence-electron chi connectivity index (χ0n) is 11.6. The van der Waals surface area contributed by atoms with Gasteiger partial charge in [0.1, 0.15) is 12.4 Å². The van der Waals surface area contributed by atoms with Crippen LogP contribution in [0.25, 0.3) is 0 Å². The van der Waals surface area contributed by atoms with Gasteiger partial charge in [0.2, 0.25) is 0 Å². The van der Waals surface area contributed by atoms with E-state index in [-0.39, 0.29) is 12.1 Å². The maximum absolute atomic E-state index is 11.3. The van der Waals surface area contributed by atoms with Gasteiger partial charge in [-0.25, -0.2) is 5.43 Å². The second kappa shape index (κ2) is 6.69. The van der Waals surface area contributed by atoms with E-state index in [0.717, 1.165) is 11.3 Å². The number of ether oxygens (including phenoxy) is 2. The normalized spacial score (nSPS) is 25.6. The lowest BCUT2D eigenvalue weighted by molar-refractivity contribution is -0.142. The Balaban J connectivity index is 2.04. The van der Waals surface area contributed by atoms with Gasteiger partial charge >= 0.3 is 5.97 Å². The fourth-order valence-corrected chi connectivity index (χ4v) is 2.35. The average molecular weight is 280 g/mol. The second-order valence-electron chi connectivity index (χ2n) is 4.83. The molecule has 0 amide bonds. The smallest absolute Gasteiger partial charge is 0.310 e. The van der Waals surface area contributed by atoms with Gasteiger partial charge in [-0.15, -0.1) is 0 Å². The first-order valence-electron chi connectivity index (χ1n) is 6.59. The second-order valence-corrected chi connectivity index (χ2v) is 4.83. The summed E-state index contributed by atoms with van der Waals surface area (Å²) in [6, 6.07) is 7.10. The van der Waals surface area contributed by atoms with Crippen LogP contribution in [0.3, 0.4) is 0 Å². The van der Waals surface area contributed by atoms with E-state index in [1.54, 1.807) is 7.11 Å². The molecule has 1 aromatic carbocycles. The molecular formula is C14H20N2O4. The van der Waals surface area contributed by atoms with Gasteiger partial charge in [-0.2, -0.15) is 0 Å². The van der Waals surface area contributed by atoms with Crippen molar-refractivity contribution in [1.82, 2.24) is 10.9 Å². The summed E-state index contributed by atoms with van der Waals surface area (Å²) < 4.78 is 10.4. The summed E-state index contributed by atoms with van der Waals surface area (Å²) in [5, 5.41) is 9.29. The van der Waals surface area contributed by atoms with Crippen LogP contribution in [0.1, 0.15) is 18.5 Å². The van der Waals surface area contributed by atoms with Crippen LogP contribution in [-0.4, -0.2) is 37.4 Å². The van der Waals surface area contributed by atoms with Crippen LogP contribution in [0.15, 0.2) is 24.3 Å². The van der Waals surface area contributed by atoms with Crippen molar-refractivity contribution in [3.63, 3.8) is 0 Å². The van der Waals surface area contributed by atoms with Crippen molar-refractivity contribution >= 4 is 5.97 Å². The lowest BCUT2D eigenvalue weighted by Gasteiger charge is -2.17. The first kappa shape index (κ1) is 14.8. The van der Waals surface area contributed by atoms with E-state index in [1.807, 2.05) is 31.2 Å². The van der Waals surface area contributed by atoms with E-state index >= 15 is 0 Å². The predicted molar refractivity (Wildman–Crippen MR) is 73.4 cm³/mol. The van der Waals surface area contributed by atoms with Crippen molar-refractivity contribution in [1.29, 1.82) is 0 Å². The number of carboxylic acid groups (broad SMARTS) is 1. The summed E-state index contributed by atoms with van der Waals surface area (Å²) in [6.45, 7) is 2.89. The Morgan fingerprint density at radius 3 is 2.55 bits per heavy atom. The molecule has 1 aliphatic heterocycles. The van der Waals surface area contributed by atoms with Gasteiger partial charge in [-0.1, -0.05) is 12.1 Å². The first-order valence-corrected chi connectivity index (χ1v) is 6.59. The number of hydrazine groups is 1. The van der Waals surface area contributed by atoms with Gasteiger partial charge in [0.05, 0.1) is 18.6 Å². The van der Waals surface area contributed by atoms with E-state index in [9.17, 15) is 9.90 Å². The Morgan fingerprint density at radius 1 is 1.25 bits per heavy atom. The highest BCUT2D eigenvalue weighted by Gasteiger charge is 2.39. The van der Waals surface area contributed by atoms with E-state index in [2.05, 4.69) is 10.9 Å². The summed E-state index contributed by atoms with van der Waals surface area (Å²) in [5.74, 6) is -0.549. The molecule has 3 N–H and O–H groups in total. The zero-order valence-corrected chi connectivity index (χ0v) is 11.6. The molecule has 6 nitrogen and oxygen atoms in total. The number of hydrogen-bond donors (Lipinski definition) is 3. The number of aliphatic carboxylic acids is 1. The predicted octanol–water partition coefficient (Wildman–Crippen LogP) is 0.950. The average Bonchev–Trinajstić information content (AvgIpc) is 2.82. The van der Waals surface area contributed by atoms with E-state index in [0.29, 0.717) is 13.2 Å². The molecule has 3 atom stereocenters. The summed E-state index contributed by atoms with van der Waals surface area (Å²) in [7, 11) is 1.62. The Morgan fingerprint density at radius 2 is 1.95 bits per heavy atom. The van der Waals surface area contributed by atoms with Crippen LogP contribution in [0.2, 0.25) is 0 Å². The molecular weight excluding hydrogens is 260 g/mol. The standard InChI is InChI=1S/C14H20N2O4/c1-9-12(14(17)18)13(16-15-9)10-3-5-11(6-4-10)20-8-7-19-2/h3-6,9,12-13,15-16H,7-8H2,1-2H3,(H,17,18). The lowest BCUT2D eigenvalue weighted by Crippen LogP contribution is -2.30. The number of nitrogens with one attached hydrogen (secondary N) is 2. The molecule has 2 rings (SSSR count). The maximum atomic E-state index is 11.3. The molecule has 0 radical (unpaired) electrons. The maximum Gasteiger partial charge on any atom is 0.310 e. The third-order valence-electron chi connectivity index (χ3n) is 3.44. The van der Waals surface area contributed by atoms with E-state index < -0.39 is 11.9 Å². The molecule has 0 saturated carbocycles. The van der Waals surface area contributed by atoms with Gasteiger partial charge < -0.3 is 14.6 Å². The monoisotopic (exact) mass is 280 g/mol. The van der Waals surface area contributed by atoms with Crippen molar-refractivity contribution in [2.45, 2.75) is 19.0 Å². The van der Waals surface area contributed by atoms with Crippen molar-refractivity contribution in [3.8, 4) is 5.75 Å². The zero-order chi connectivity index (χ0) is 14.5. The van der Waals surface area contributed by atoms with Gasteiger partial charge in [-0.3, -0.25) is 10.2 Å². The van der Waals surface area contributed by atoms with E-state index in [1.165, 1.54) is 0 Å². The molecule has 1 fully saturated rings. The molecule has 0 aliphatic carbocycles. The Labute approximate surface area is 118 Å². The number of carbonyl (C=O) groups is 1. The van der Waals surface area contributed by atoms with Crippen LogP contribution < -0.4 is 15.6 Å². The minimum Gasteiger partial charge on any atom is -0.491 e. The quantitative estimate of drug-likeness (QED) is 0.673. The summed E-state index contributed by atoms with van der Waals surface area (Å²) in [4.78, 5) is 11.3. The van der Waals surface area contributed by atoms with Gasteiger partial charge in [0, 0.05) is 13.2 Å². The number of rotatable bonds is 6.